The van der Waals surface area contributed by atoms with Gasteiger partial charge in [0, 0.05) is 18.5 Å². The normalized spacial score (nSPS) is 22.4. The van der Waals surface area contributed by atoms with Crippen LogP contribution in [-0.2, 0) is 11.2 Å². The van der Waals surface area contributed by atoms with Gasteiger partial charge >= 0.3 is 12.1 Å². The summed E-state index contributed by atoms with van der Waals surface area (Å²) in [4.78, 5) is 26.4. The zero-order valence-corrected chi connectivity index (χ0v) is 15.9. The minimum Gasteiger partial charge on any atom is -0.454 e. The van der Waals surface area contributed by atoms with Crippen molar-refractivity contribution in [2.75, 3.05) is 6.54 Å². The number of fused-ring (bicyclic) bond motifs is 1. The summed E-state index contributed by atoms with van der Waals surface area (Å²) in [6.45, 7) is 0.141. The number of benzene rings is 2. The van der Waals surface area contributed by atoms with E-state index in [1.54, 1.807) is 6.07 Å². The Morgan fingerprint density at radius 3 is 2.60 bits per heavy atom. The first kappa shape index (κ1) is 20.4. The number of aliphatic hydroxyl groups excluding tert-OH is 1. The predicted molar refractivity (Wildman–Crippen MR) is 101 cm³/mol. The van der Waals surface area contributed by atoms with Crippen molar-refractivity contribution in [3.05, 3.63) is 70.8 Å². The van der Waals surface area contributed by atoms with Gasteiger partial charge in [0.1, 0.15) is 6.10 Å². The van der Waals surface area contributed by atoms with Crippen LogP contribution in [0.25, 0.3) is 0 Å². The summed E-state index contributed by atoms with van der Waals surface area (Å²) in [6.07, 6.45) is -7.05. The fraction of sp³-hybridized carbons (Fsp3) is 0.364. The molecule has 5 nitrogen and oxygen atoms in total. The topological polar surface area (TPSA) is 66.8 Å². The van der Waals surface area contributed by atoms with Crippen molar-refractivity contribution >= 4 is 11.9 Å². The van der Waals surface area contributed by atoms with Gasteiger partial charge in [-0.25, -0.2) is 4.79 Å². The van der Waals surface area contributed by atoms with Crippen LogP contribution in [0.1, 0.15) is 50.8 Å². The number of carbonyl (C=O) groups is 2. The van der Waals surface area contributed by atoms with Crippen molar-refractivity contribution in [2.24, 2.45) is 0 Å². The number of hydrogen-bond acceptors (Lipinski definition) is 4. The molecule has 2 aliphatic rings. The van der Waals surface area contributed by atoms with Gasteiger partial charge in [-0.1, -0.05) is 30.3 Å². The summed E-state index contributed by atoms with van der Waals surface area (Å²) in [5.41, 5.74) is 1.96. The largest absolute Gasteiger partial charge is 0.454 e. The number of esters is 1. The Bertz CT molecular complexity index is 961. The number of ether oxygens (including phenoxy) is 1. The third-order valence-electron chi connectivity index (χ3n) is 5.66. The smallest absolute Gasteiger partial charge is 0.416 e. The van der Waals surface area contributed by atoms with E-state index in [4.69, 9.17) is 4.74 Å². The fourth-order valence-electron chi connectivity index (χ4n) is 4.14. The van der Waals surface area contributed by atoms with Crippen LogP contribution in [0.15, 0.2) is 48.5 Å². The van der Waals surface area contributed by atoms with Gasteiger partial charge in [-0.3, -0.25) is 4.79 Å². The van der Waals surface area contributed by atoms with Gasteiger partial charge in [0.2, 0.25) is 0 Å². The molecule has 2 aromatic rings. The van der Waals surface area contributed by atoms with E-state index in [1.807, 2.05) is 30.3 Å². The van der Waals surface area contributed by atoms with Crippen LogP contribution in [0, 0.1) is 0 Å². The van der Waals surface area contributed by atoms with Crippen molar-refractivity contribution in [2.45, 2.75) is 43.7 Å². The molecule has 0 radical (unpaired) electrons. The second kappa shape index (κ2) is 7.75. The van der Waals surface area contributed by atoms with Crippen LogP contribution in [0.5, 0.6) is 0 Å². The molecule has 2 heterocycles. The molecule has 1 saturated heterocycles. The molecular formula is C22H20F3NO4. The van der Waals surface area contributed by atoms with E-state index >= 15 is 0 Å². The van der Waals surface area contributed by atoms with Gasteiger partial charge < -0.3 is 14.7 Å². The Morgan fingerprint density at radius 2 is 1.90 bits per heavy atom. The van der Waals surface area contributed by atoms with Crippen LogP contribution in [0.2, 0.25) is 0 Å². The molecule has 3 atom stereocenters. The summed E-state index contributed by atoms with van der Waals surface area (Å²) >= 11 is 0. The lowest BCUT2D eigenvalue weighted by molar-refractivity contribution is -0.216. The number of likely N-dealkylation sites (tertiary alicyclic amines) is 1. The number of cyclic esters (lactones) is 1. The van der Waals surface area contributed by atoms with Crippen LogP contribution >= 0.6 is 0 Å². The molecule has 30 heavy (non-hydrogen) atoms. The Labute approximate surface area is 171 Å². The Balaban J connectivity index is 1.59. The SMILES string of the molecule is O=C1O[C@H](c2ccccc2)Cc2cc(C(=O)N3CCC[C@@H]3[C@@H](O)C(F)(F)F)ccc21. The summed E-state index contributed by atoms with van der Waals surface area (Å²) < 4.78 is 44.4. The fourth-order valence-corrected chi connectivity index (χ4v) is 4.14. The number of halogens is 3. The molecule has 1 fully saturated rings. The highest BCUT2D eigenvalue weighted by Gasteiger charge is 2.48. The van der Waals surface area contributed by atoms with Crippen molar-refractivity contribution in [1.29, 1.82) is 0 Å². The average Bonchev–Trinajstić information content (AvgIpc) is 3.21. The second-order valence-electron chi connectivity index (χ2n) is 7.58. The number of hydrogen-bond donors (Lipinski definition) is 1. The van der Waals surface area contributed by atoms with E-state index in [0.717, 1.165) is 10.5 Å². The van der Waals surface area contributed by atoms with Gasteiger partial charge in [-0.2, -0.15) is 13.2 Å². The van der Waals surface area contributed by atoms with Gasteiger partial charge in [-0.15, -0.1) is 0 Å². The molecular weight excluding hydrogens is 399 g/mol. The monoisotopic (exact) mass is 419 g/mol. The van der Waals surface area contributed by atoms with E-state index in [9.17, 15) is 27.9 Å². The van der Waals surface area contributed by atoms with Gasteiger partial charge in [-0.05, 0) is 42.2 Å². The van der Waals surface area contributed by atoms with E-state index in [-0.39, 0.29) is 18.5 Å². The molecule has 2 aliphatic heterocycles. The molecule has 1 amide bonds. The summed E-state index contributed by atoms with van der Waals surface area (Å²) in [6, 6.07) is 12.3. The standard InChI is InChI=1S/C22H20F3NO4/c23-22(24,25)19(27)17-7-4-10-26(17)20(28)14-8-9-16-15(11-14)12-18(30-21(16)29)13-5-2-1-3-6-13/h1-3,5-6,8-9,11,17-19,27H,4,7,10,12H2/t17-,18+,19-/m1/s1. The first-order chi connectivity index (χ1) is 14.3. The maximum atomic E-state index is 13.0. The van der Waals surface area contributed by atoms with Gasteiger partial charge in [0.05, 0.1) is 11.6 Å². The number of rotatable bonds is 3. The molecule has 2 aromatic carbocycles. The third-order valence-corrected chi connectivity index (χ3v) is 5.66. The Morgan fingerprint density at radius 1 is 1.17 bits per heavy atom. The molecule has 0 bridgehead atoms. The molecule has 158 valence electrons. The maximum absolute atomic E-state index is 13.0. The average molecular weight is 419 g/mol. The molecule has 8 heteroatoms. The van der Waals surface area contributed by atoms with Crippen LogP contribution < -0.4 is 0 Å². The minimum atomic E-state index is -4.80. The molecule has 0 saturated carbocycles. The predicted octanol–water partition coefficient (Wildman–Crippen LogP) is 3.67. The zero-order valence-electron chi connectivity index (χ0n) is 15.9. The van der Waals surface area contributed by atoms with Crippen LogP contribution in [0.3, 0.4) is 0 Å². The van der Waals surface area contributed by atoms with Crippen molar-refractivity contribution in [1.82, 2.24) is 4.90 Å². The highest BCUT2D eigenvalue weighted by molar-refractivity contribution is 5.98. The molecule has 0 spiro atoms. The van der Waals surface area contributed by atoms with Crippen molar-refractivity contribution < 1.29 is 32.6 Å². The number of nitrogens with zero attached hydrogens (tertiary/aromatic N) is 1. The van der Waals surface area contributed by atoms with Crippen LogP contribution in [0.4, 0.5) is 13.2 Å². The lowest BCUT2D eigenvalue weighted by Gasteiger charge is -2.30. The zero-order chi connectivity index (χ0) is 21.5. The first-order valence-electron chi connectivity index (χ1n) is 9.70. The number of aliphatic hydroxyl groups is 1. The molecule has 0 unspecified atom stereocenters. The lowest BCUT2D eigenvalue weighted by atomic mass is 9.93. The lowest BCUT2D eigenvalue weighted by Crippen LogP contribution is -2.49. The summed E-state index contributed by atoms with van der Waals surface area (Å²) in [5.74, 6) is -1.09. The minimum absolute atomic E-state index is 0.0831. The summed E-state index contributed by atoms with van der Waals surface area (Å²) in [5, 5.41) is 9.66. The second-order valence-corrected chi connectivity index (χ2v) is 7.58. The number of amides is 1. The Kier molecular flexibility index (Phi) is 5.27. The van der Waals surface area contributed by atoms with Gasteiger partial charge in [0.15, 0.2) is 6.10 Å². The Hall–Kier alpha value is -2.87. The number of carbonyl (C=O) groups excluding carboxylic acids is 2. The molecule has 4 rings (SSSR count). The van der Waals surface area contributed by atoms with E-state index in [2.05, 4.69) is 0 Å². The highest BCUT2D eigenvalue weighted by Crippen LogP contribution is 2.34. The van der Waals surface area contributed by atoms with E-state index < -0.39 is 36.3 Å². The van der Waals surface area contributed by atoms with Crippen LogP contribution in [-0.4, -0.2) is 46.7 Å². The van der Waals surface area contributed by atoms with E-state index in [1.165, 1.54) is 12.1 Å². The van der Waals surface area contributed by atoms with Gasteiger partial charge in [0.25, 0.3) is 5.91 Å². The maximum Gasteiger partial charge on any atom is 0.416 e. The van der Waals surface area contributed by atoms with E-state index in [0.29, 0.717) is 24.0 Å². The molecule has 1 N–H and O–H groups in total. The highest BCUT2D eigenvalue weighted by atomic mass is 19.4. The molecule has 0 aromatic heterocycles. The third kappa shape index (κ3) is 3.79. The molecule has 0 aliphatic carbocycles. The van der Waals surface area contributed by atoms with Crippen molar-refractivity contribution in [3.63, 3.8) is 0 Å². The number of alkyl halides is 3. The quantitative estimate of drug-likeness (QED) is 0.771. The first-order valence-corrected chi connectivity index (χ1v) is 9.70. The summed E-state index contributed by atoms with van der Waals surface area (Å²) in [7, 11) is 0. The van der Waals surface area contributed by atoms with Crippen molar-refractivity contribution in [3.8, 4) is 0 Å².